The van der Waals surface area contributed by atoms with Crippen molar-refractivity contribution in [1.82, 2.24) is 9.78 Å². The lowest BCUT2D eigenvalue weighted by Crippen LogP contribution is -2.23. The average Bonchev–Trinajstić information content (AvgIpc) is 2.92. The van der Waals surface area contributed by atoms with Gasteiger partial charge in [-0.05, 0) is 44.2 Å². The molecule has 0 aliphatic rings. The summed E-state index contributed by atoms with van der Waals surface area (Å²) in [4.78, 5) is 11.2. The van der Waals surface area contributed by atoms with E-state index in [0.29, 0.717) is 32.0 Å². The fourth-order valence-electron chi connectivity index (χ4n) is 2.58. The molecule has 5 nitrogen and oxygen atoms in total. The first-order chi connectivity index (χ1) is 12.8. The van der Waals surface area contributed by atoms with Crippen LogP contribution in [0.25, 0.3) is 16.9 Å². The van der Waals surface area contributed by atoms with Crippen LogP contribution in [0.15, 0.2) is 42.5 Å². The molecule has 0 radical (unpaired) electrons. The number of aliphatic carboxylic acids is 1. The summed E-state index contributed by atoms with van der Waals surface area (Å²) in [6.45, 7) is 3.25. The van der Waals surface area contributed by atoms with Gasteiger partial charge in [-0.25, -0.2) is 9.48 Å². The number of nitrogens with zero attached hydrogens (tertiary/aromatic N) is 2. The number of halogens is 3. The van der Waals surface area contributed by atoms with E-state index in [2.05, 4.69) is 5.10 Å². The Kier molecular flexibility index (Phi) is 5.65. The number of carbonyl (C=O) groups is 1. The highest BCUT2D eigenvalue weighted by Gasteiger charge is 2.23. The van der Waals surface area contributed by atoms with Crippen LogP contribution in [-0.2, 0) is 4.79 Å². The highest BCUT2D eigenvalue weighted by Crippen LogP contribution is 2.35. The maximum absolute atomic E-state index is 11.2. The molecular formula is C19H15Cl3N2O3. The van der Waals surface area contributed by atoms with Gasteiger partial charge in [0.1, 0.15) is 0 Å². The molecule has 0 fully saturated rings. The van der Waals surface area contributed by atoms with E-state index in [1.807, 2.05) is 12.1 Å². The maximum atomic E-state index is 11.2. The Morgan fingerprint density at radius 3 is 2.33 bits per heavy atom. The number of carboxylic acid groups (broad SMARTS) is 1. The first kappa shape index (κ1) is 19.5. The van der Waals surface area contributed by atoms with Crippen LogP contribution in [0.4, 0.5) is 0 Å². The van der Waals surface area contributed by atoms with Crippen molar-refractivity contribution in [2.45, 2.75) is 20.0 Å². The largest absolute Gasteiger partial charge is 0.479 e. The van der Waals surface area contributed by atoms with Crippen molar-refractivity contribution in [3.05, 3.63) is 63.1 Å². The second-order valence-corrected chi connectivity index (χ2v) is 7.17. The standard InChI is InChI=1S/C19H15Cl3N2O3/c1-10-17(12-3-5-13(20)6-4-12)24(16-8-7-14(21)9-15(16)22)23-18(10)27-11(2)19(25)26/h3-9,11H,1-2H3,(H,25,26). The molecule has 0 amide bonds. The van der Waals surface area contributed by atoms with Crippen molar-refractivity contribution in [1.29, 1.82) is 0 Å². The summed E-state index contributed by atoms with van der Waals surface area (Å²) in [5.41, 5.74) is 2.81. The van der Waals surface area contributed by atoms with Gasteiger partial charge in [0, 0.05) is 21.2 Å². The first-order valence-corrected chi connectivity index (χ1v) is 9.11. The van der Waals surface area contributed by atoms with E-state index in [0.717, 1.165) is 5.56 Å². The normalized spacial score (nSPS) is 12.0. The van der Waals surface area contributed by atoms with E-state index < -0.39 is 12.1 Å². The molecule has 3 aromatic rings. The Bertz CT molecular complexity index is 1000. The molecule has 0 aliphatic heterocycles. The third-order valence-corrected chi connectivity index (χ3v) is 4.76. The molecule has 27 heavy (non-hydrogen) atoms. The van der Waals surface area contributed by atoms with Gasteiger partial charge in [-0.15, -0.1) is 5.10 Å². The predicted molar refractivity (Wildman–Crippen MR) is 106 cm³/mol. The number of aromatic nitrogens is 2. The zero-order chi connectivity index (χ0) is 19.7. The summed E-state index contributed by atoms with van der Waals surface area (Å²) in [6, 6.07) is 12.3. The van der Waals surface area contributed by atoms with Crippen molar-refractivity contribution in [3.63, 3.8) is 0 Å². The molecule has 140 valence electrons. The zero-order valence-electron chi connectivity index (χ0n) is 14.4. The van der Waals surface area contributed by atoms with E-state index in [9.17, 15) is 4.79 Å². The van der Waals surface area contributed by atoms with Crippen LogP contribution in [0, 0.1) is 6.92 Å². The highest BCUT2D eigenvalue weighted by molar-refractivity contribution is 6.35. The third kappa shape index (κ3) is 4.05. The minimum absolute atomic E-state index is 0.209. The number of rotatable bonds is 5. The maximum Gasteiger partial charge on any atom is 0.344 e. The van der Waals surface area contributed by atoms with Gasteiger partial charge in [0.05, 0.1) is 16.4 Å². The smallest absolute Gasteiger partial charge is 0.344 e. The van der Waals surface area contributed by atoms with Gasteiger partial charge in [0.2, 0.25) is 5.88 Å². The van der Waals surface area contributed by atoms with E-state index in [4.69, 9.17) is 44.6 Å². The molecular weight excluding hydrogens is 411 g/mol. The van der Waals surface area contributed by atoms with Gasteiger partial charge >= 0.3 is 5.97 Å². The molecule has 8 heteroatoms. The van der Waals surface area contributed by atoms with E-state index in [-0.39, 0.29) is 5.88 Å². The zero-order valence-corrected chi connectivity index (χ0v) is 16.7. The van der Waals surface area contributed by atoms with E-state index >= 15 is 0 Å². The Labute approximate surface area is 171 Å². The van der Waals surface area contributed by atoms with Gasteiger partial charge < -0.3 is 9.84 Å². The van der Waals surface area contributed by atoms with Crippen LogP contribution in [0.2, 0.25) is 15.1 Å². The topological polar surface area (TPSA) is 64.3 Å². The lowest BCUT2D eigenvalue weighted by Gasteiger charge is -2.10. The van der Waals surface area contributed by atoms with Crippen LogP contribution < -0.4 is 4.74 Å². The molecule has 0 aliphatic carbocycles. The summed E-state index contributed by atoms with van der Waals surface area (Å²) in [5.74, 6) is -0.873. The molecule has 3 rings (SSSR count). The minimum Gasteiger partial charge on any atom is -0.479 e. The summed E-state index contributed by atoms with van der Waals surface area (Å²) in [6.07, 6.45) is -1.05. The SMILES string of the molecule is Cc1c(OC(C)C(=O)O)nn(-c2ccc(Cl)cc2Cl)c1-c1ccc(Cl)cc1. The molecule has 1 aromatic heterocycles. The van der Waals surface area contributed by atoms with Crippen LogP contribution in [-0.4, -0.2) is 27.0 Å². The molecule has 1 atom stereocenters. The number of ether oxygens (including phenoxy) is 1. The number of hydrogen-bond acceptors (Lipinski definition) is 3. The Morgan fingerprint density at radius 1 is 1.11 bits per heavy atom. The molecule has 1 heterocycles. The van der Waals surface area contributed by atoms with Crippen molar-refractivity contribution in [2.75, 3.05) is 0 Å². The monoisotopic (exact) mass is 424 g/mol. The number of hydrogen-bond donors (Lipinski definition) is 1. The van der Waals surface area contributed by atoms with Gasteiger partial charge in [-0.3, -0.25) is 0 Å². The molecule has 0 spiro atoms. The van der Waals surface area contributed by atoms with Crippen molar-refractivity contribution >= 4 is 40.8 Å². The summed E-state index contributed by atoms with van der Waals surface area (Å²) >= 11 is 18.4. The van der Waals surface area contributed by atoms with Crippen LogP contribution >= 0.6 is 34.8 Å². The van der Waals surface area contributed by atoms with Crippen molar-refractivity contribution in [3.8, 4) is 22.8 Å². The summed E-state index contributed by atoms with van der Waals surface area (Å²) < 4.78 is 7.14. The fourth-order valence-corrected chi connectivity index (χ4v) is 3.19. The molecule has 0 bridgehead atoms. The number of benzene rings is 2. The van der Waals surface area contributed by atoms with Gasteiger partial charge in [0.25, 0.3) is 0 Å². The Balaban J connectivity index is 2.20. The predicted octanol–water partition coefficient (Wildman–Crippen LogP) is 5.66. The first-order valence-electron chi connectivity index (χ1n) is 7.98. The minimum atomic E-state index is -1.08. The summed E-state index contributed by atoms with van der Waals surface area (Å²) in [7, 11) is 0. The molecule has 0 saturated carbocycles. The molecule has 2 aromatic carbocycles. The second-order valence-electron chi connectivity index (χ2n) is 5.89. The average molecular weight is 426 g/mol. The van der Waals surface area contributed by atoms with Crippen LogP contribution in [0.3, 0.4) is 0 Å². The highest BCUT2D eigenvalue weighted by atomic mass is 35.5. The molecule has 1 unspecified atom stereocenters. The Morgan fingerprint density at radius 2 is 1.74 bits per heavy atom. The van der Waals surface area contributed by atoms with Crippen molar-refractivity contribution in [2.24, 2.45) is 0 Å². The molecule has 0 saturated heterocycles. The second kappa shape index (κ2) is 7.80. The van der Waals surface area contributed by atoms with Gasteiger partial charge in [-0.1, -0.05) is 46.9 Å². The Hall–Kier alpha value is -2.21. The third-order valence-electron chi connectivity index (χ3n) is 3.97. The van der Waals surface area contributed by atoms with E-state index in [1.165, 1.54) is 6.92 Å². The quantitative estimate of drug-likeness (QED) is 0.573. The fraction of sp³-hybridized carbons (Fsp3) is 0.158. The molecule has 1 N–H and O–H groups in total. The van der Waals surface area contributed by atoms with Crippen LogP contribution in [0.5, 0.6) is 5.88 Å². The lowest BCUT2D eigenvalue weighted by atomic mass is 10.1. The number of carboxylic acids is 1. The van der Waals surface area contributed by atoms with E-state index in [1.54, 1.807) is 41.9 Å². The van der Waals surface area contributed by atoms with Gasteiger partial charge in [-0.2, -0.15) is 0 Å². The summed E-state index contributed by atoms with van der Waals surface area (Å²) in [5, 5.41) is 15.1. The lowest BCUT2D eigenvalue weighted by molar-refractivity contribution is -0.144. The van der Waals surface area contributed by atoms with Crippen molar-refractivity contribution < 1.29 is 14.6 Å². The van der Waals surface area contributed by atoms with Gasteiger partial charge in [0.15, 0.2) is 6.10 Å². The van der Waals surface area contributed by atoms with Crippen LogP contribution in [0.1, 0.15) is 12.5 Å².